The first kappa shape index (κ1) is 9.90. The maximum atomic E-state index is 13.0. The predicted molar refractivity (Wildman–Crippen MR) is 50.4 cm³/mol. The second-order valence-electron chi connectivity index (χ2n) is 2.94. The lowest BCUT2D eigenvalue weighted by molar-refractivity contribution is 0.0988. The Balaban J connectivity index is 3.06. The molecule has 0 aliphatic rings. The van der Waals surface area contributed by atoms with Crippen LogP contribution in [-0.2, 0) is 6.42 Å². The normalized spacial score (nSPS) is 10.1. The standard InChI is InChI=1S/C11H13FO/c1-3-8-7-9(11(13)4-2)5-6-10(8)12/h5-7H,3-4H2,1-2H3. The van der Waals surface area contributed by atoms with Crippen LogP contribution in [0, 0.1) is 5.82 Å². The van der Waals surface area contributed by atoms with Gasteiger partial charge in [0.05, 0.1) is 0 Å². The van der Waals surface area contributed by atoms with E-state index in [1.807, 2.05) is 6.92 Å². The first-order valence-electron chi connectivity index (χ1n) is 4.50. The summed E-state index contributed by atoms with van der Waals surface area (Å²) in [6, 6.07) is 4.54. The summed E-state index contributed by atoms with van der Waals surface area (Å²) in [7, 11) is 0. The van der Waals surface area contributed by atoms with Gasteiger partial charge in [-0.1, -0.05) is 13.8 Å². The van der Waals surface area contributed by atoms with Crippen LogP contribution in [0.1, 0.15) is 36.2 Å². The van der Waals surface area contributed by atoms with Gasteiger partial charge in [0.2, 0.25) is 0 Å². The number of aryl methyl sites for hydroxylation is 1. The van der Waals surface area contributed by atoms with Crippen molar-refractivity contribution in [2.45, 2.75) is 26.7 Å². The summed E-state index contributed by atoms with van der Waals surface area (Å²) >= 11 is 0. The van der Waals surface area contributed by atoms with E-state index in [9.17, 15) is 9.18 Å². The van der Waals surface area contributed by atoms with Gasteiger partial charge in [-0.2, -0.15) is 0 Å². The molecule has 0 aliphatic carbocycles. The maximum absolute atomic E-state index is 13.0. The lowest BCUT2D eigenvalue weighted by atomic mass is 10.0. The van der Waals surface area contributed by atoms with Crippen molar-refractivity contribution in [3.63, 3.8) is 0 Å². The Morgan fingerprint density at radius 3 is 2.62 bits per heavy atom. The third kappa shape index (κ3) is 2.14. The Kier molecular flexibility index (Phi) is 3.18. The van der Waals surface area contributed by atoms with Crippen LogP contribution >= 0.6 is 0 Å². The molecule has 0 bridgehead atoms. The summed E-state index contributed by atoms with van der Waals surface area (Å²) in [6.45, 7) is 3.68. The molecule has 0 heterocycles. The molecular formula is C11H13FO. The Labute approximate surface area is 77.6 Å². The Bertz CT molecular complexity index is 318. The molecule has 0 radical (unpaired) electrons. The van der Waals surface area contributed by atoms with Crippen molar-refractivity contribution in [2.24, 2.45) is 0 Å². The van der Waals surface area contributed by atoms with E-state index in [0.717, 1.165) is 0 Å². The molecule has 2 heteroatoms. The molecule has 0 unspecified atom stereocenters. The predicted octanol–water partition coefficient (Wildman–Crippen LogP) is 2.98. The molecule has 0 atom stereocenters. The highest BCUT2D eigenvalue weighted by molar-refractivity contribution is 5.95. The van der Waals surface area contributed by atoms with Crippen molar-refractivity contribution in [1.29, 1.82) is 0 Å². The Morgan fingerprint density at radius 2 is 2.08 bits per heavy atom. The van der Waals surface area contributed by atoms with Crippen molar-refractivity contribution >= 4 is 5.78 Å². The molecule has 1 aromatic carbocycles. The van der Waals surface area contributed by atoms with Crippen molar-refractivity contribution in [1.82, 2.24) is 0 Å². The highest BCUT2D eigenvalue weighted by Gasteiger charge is 2.06. The molecule has 0 saturated carbocycles. The van der Waals surface area contributed by atoms with Crippen LogP contribution in [0.5, 0.6) is 0 Å². The number of halogens is 1. The van der Waals surface area contributed by atoms with E-state index >= 15 is 0 Å². The van der Waals surface area contributed by atoms with Crippen LogP contribution in [0.2, 0.25) is 0 Å². The topological polar surface area (TPSA) is 17.1 Å². The molecule has 70 valence electrons. The van der Waals surface area contributed by atoms with E-state index in [1.165, 1.54) is 6.07 Å². The Hall–Kier alpha value is -1.18. The second kappa shape index (κ2) is 4.17. The maximum Gasteiger partial charge on any atom is 0.162 e. The van der Waals surface area contributed by atoms with Crippen LogP contribution in [0.25, 0.3) is 0 Å². The van der Waals surface area contributed by atoms with E-state index in [2.05, 4.69) is 0 Å². The summed E-state index contributed by atoms with van der Waals surface area (Å²) in [6.07, 6.45) is 1.09. The lowest BCUT2D eigenvalue weighted by Crippen LogP contribution is -1.99. The zero-order valence-electron chi connectivity index (χ0n) is 7.93. The number of carbonyl (C=O) groups is 1. The number of benzene rings is 1. The van der Waals surface area contributed by atoms with Crippen molar-refractivity contribution < 1.29 is 9.18 Å². The Morgan fingerprint density at radius 1 is 1.38 bits per heavy atom. The summed E-state index contributed by atoms with van der Waals surface area (Å²) in [4.78, 5) is 11.3. The van der Waals surface area contributed by atoms with E-state index in [-0.39, 0.29) is 11.6 Å². The van der Waals surface area contributed by atoms with Gasteiger partial charge in [0.15, 0.2) is 5.78 Å². The second-order valence-corrected chi connectivity index (χ2v) is 2.94. The number of rotatable bonds is 3. The summed E-state index contributed by atoms with van der Waals surface area (Å²) in [5.41, 5.74) is 1.22. The van der Waals surface area contributed by atoms with Gasteiger partial charge in [0.1, 0.15) is 5.82 Å². The average molecular weight is 180 g/mol. The number of hydrogen-bond acceptors (Lipinski definition) is 1. The average Bonchev–Trinajstić information content (AvgIpc) is 2.17. The van der Waals surface area contributed by atoms with Crippen molar-refractivity contribution in [2.75, 3.05) is 0 Å². The molecule has 0 N–H and O–H groups in total. The molecule has 0 amide bonds. The van der Waals surface area contributed by atoms with Crippen molar-refractivity contribution in [3.8, 4) is 0 Å². The smallest absolute Gasteiger partial charge is 0.162 e. The number of Topliss-reactive ketones (excluding diaryl/α,β-unsaturated/α-hetero) is 1. The number of ketones is 1. The fraction of sp³-hybridized carbons (Fsp3) is 0.364. The minimum atomic E-state index is -0.227. The zero-order valence-corrected chi connectivity index (χ0v) is 7.93. The molecule has 13 heavy (non-hydrogen) atoms. The van der Waals surface area contributed by atoms with Gasteiger partial charge in [0, 0.05) is 12.0 Å². The third-order valence-electron chi connectivity index (χ3n) is 2.07. The van der Waals surface area contributed by atoms with Gasteiger partial charge in [0.25, 0.3) is 0 Å². The van der Waals surface area contributed by atoms with E-state index in [1.54, 1.807) is 19.1 Å². The highest BCUT2D eigenvalue weighted by atomic mass is 19.1. The fourth-order valence-corrected chi connectivity index (χ4v) is 1.22. The summed E-state index contributed by atoms with van der Waals surface area (Å²) in [5.74, 6) is -0.162. The molecule has 0 aromatic heterocycles. The van der Waals surface area contributed by atoms with Crippen LogP contribution < -0.4 is 0 Å². The zero-order chi connectivity index (χ0) is 9.84. The molecule has 0 aliphatic heterocycles. The number of carbonyl (C=O) groups excluding carboxylic acids is 1. The molecular weight excluding hydrogens is 167 g/mol. The molecule has 1 rings (SSSR count). The fourth-order valence-electron chi connectivity index (χ4n) is 1.22. The SMILES string of the molecule is CCC(=O)c1ccc(F)c(CC)c1. The van der Waals surface area contributed by atoms with Gasteiger partial charge in [-0.3, -0.25) is 4.79 Å². The largest absolute Gasteiger partial charge is 0.294 e. The summed E-state index contributed by atoms with van der Waals surface area (Å²) < 4.78 is 13.0. The first-order valence-corrected chi connectivity index (χ1v) is 4.50. The van der Waals surface area contributed by atoms with E-state index in [0.29, 0.717) is 24.0 Å². The lowest BCUT2D eigenvalue weighted by Gasteiger charge is -2.02. The minimum Gasteiger partial charge on any atom is -0.294 e. The van der Waals surface area contributed by atoms with Gasteiger partial charge < -0.3 is 0 Å². The molecule has 0 fully saturated rings. The summed E-state index contributed by atoms with van der Waals surface area (Å²) in [5, 5.41) is 0. The minimum absolute atomic E-state index is 0.0645. The van der Waals surface area contributed by atoms with Crippen LogP contribution in [0.4, 0.5) is 4.39 Å². The van der Waals surface area contributed by atoms with Crippen molar-refractivity contribution in [3.05, 3.63) is 35.1 Å². The van der Waals surface area contributed by atoms with Gasteiger partial charge >= 0.3 is 0 Å². The molecule has 0 saturated heterocycles. The van der Waals surface area contributed by atoms with Crippen LogP contribution in [-0.4, -0.2) is 5.78 Å². The monoisotopic (exact) mass is 180 g/mol. The van der Waals surface area contributed by atoms with Crippen LogP contribution in [0.3, 0.4) is 0 Å². The van der Waals surface area contributed by atoms with Gasteiger partial charge in [-0.25, -0.2) is 4.39 Å². The number of hydrogen-bond donors (Lipinski definition) is 0. The van der Waals surface area contributed by atoms with E-state index in [4.69, 9.17) is 0 Å². The third-order valence-corrected chi connectivity index (χ3v) is 2.07. The molecule has 0 spiro atoms. The molecule has 1 aromatic rings. The first-order chi connectivity index (χ1) is 6.19. The van der Waals surface area contributed by atoms with E-state index < -0.39 is 0 Å². The van der Waals surface area contributed by atoms with Gasteiger partial charge in [-0.05, 0) is 30.2 Å². The highest BCUT2D eigenvalue weighted by Crippen LogP contribution is 2.12. The van der Waals surface area contributed by atoms with Gasteiger partial charge in [-0.15, -0.1) is 0 Å². The molecule has 1 nitrogen and oxygen atoms in total. The quantitative estimate of drug-likeness (QED) is 0.653. The van der Waals surface area contributed by atoms with Crippen LogP contribution in [0.15, 0.2) is 18.2 Å².